The van der Waals surface area contributed by atoms with E-state index in [1.54, 1.807) is 0 Å². The van der Waals surface area contributed by atoms with Crippen LogP contribution in [0.2, 0.25) is 5.02 Å². The number of hydrogen-bond acceptors (Lipinski definition) is 1. The van der Waals surface area contributed by atoms with E-state index in [1.807, 2.05) is 24.3 Å². The Bertz CT molecular complexity index is 500. The van der Waals surface area contributed by atoms with Crippen molar-refractivity contribution in [2.45, 2.75) is 46.5 Å². The maximum atomic E-state index is 12.6. The molecule has 2 rings (SSSR count). The Balaban J connectivity index is 1.89. The first-order valence-corrected chi connectivity index (χ1v) is 8.88. The molecule has 0 heterocycles. The molecule has 0 spiro atoms. The van der Waals surface area contributed by atoms with Crippen molar-refractivity contribution in [3.8, 4) is 0 Å². The number of benzene rings is 1. The number of carbonyl (C=O) groups excluding carboxylic acids is 1. The van der Waals surface area contributed by atoms with E-state index in [0.717, 1.165) is 23.4 Å². The fraction of sp³-hybridized carbons (Fsp3) is 0.632. The van der Waals surface area contributed by atoms with Crippen LogP contribution in [-0.2, 0) is 11.2 Å². The molecule has 1 N–H and O–H groups in total. The third-order valence-corrected chi connectivity index (χ3v) is 5.38. The molecular weight excluding hydrogens is 294 g/mol. The number of amides is 1. The minimum atomic E-state index is 0.176. The molecule has 1 aromatic rings. The lowest BCUT2D eigenvalue weighted by atomic mass is 9.70. The van der Waals surface area contributed by atoms with Gasteiger partial charge in [0.2, 0.25) is 5.91 Å². The summed E-state index contributed by atoms with van der Waals surface area (Å²) in [5, 5.41) is 3.92. The van der Waals surface area contributed by atoms with Crippen molar-refractivity contribution in [1.82, 2.24) is 5.32 Å². The Kier molecular flexibility index (Phi) is 6.31. The summed E-state index contributed by atoms with van der Waals surface area (Å²) in [7, 11) is 0. The van der Waals surface area contributed by atoms with E-state index >= 15 is 0 Å². The van der Waals surface area contributed by atoms with Crippen molar-refractivity contribution in [2.75, 3.05) is 6.54 Å². The van der Waals surface area contributed by atoms with Gasteiger partial charge in [-0.15, -0.1) is 0 Å². The van der Waals surface area contributed by atoms with Crippen LogP contribution in [0.4, 0.5) is 0 Å². The Morgan fingerprint density at radius 2 is 2.05 bits per heavy atom. The van der Waals surface area contributed by atoms with Crippen LogP contribution >= 0.6 is 11.6 Å². The highest BCUT2D eigenvalue weighted by Gasteiger charge is 2.35. The van der Waals surface area contributed by atoms with Gasteiger partial charge in [-0.2, -0.15) is 0 Å². The minimum absolute atomic E-state index is 0.176. The molecule has 2 nitrogen and oxygen atoms in total. The van der Waals surface area contributed by atoms with Crippen LogP contribution in [0.3, 0.4) is 0 Å². The lowest BCUT2D eigenvalue weighted by Crippen LogP contribution is -2.40. The van der Waals surface area contributed by atoms with E-state index < -0.39 is 0 Å². The molecule has 1 amide bonds. The average molecular weight is 322 g/mol. The van der Waals surface area contributed by atoms with Crippen LogP contribution in [0.5, 0.6) is 0 Å². The zero-order valence-corrected chi connectivity index (χ0v) is 14.7. The maximum Gasteiger partial charge on any atom is 0.223 e. The highest BCUT2D eigenvalue weighted by atomic mass is 35.5. The molecule has 3 atom stereocenters. The van der Waals surface area contributed by atoms with Crippen molar-refractivity contribution in [3.05, 3.63) is 34.9 Å². The number of carbonyl (C=O) groups is 1. The average Bonchev–Trinajstić information content (AvgIpc) is 2.48. The van der Waals surface area contributed by atoms with Crippen LogP contribution in [0.25, 0.3) is 0 Å². The topological polar surface area (TPSA) is 29.1 Å². The van der Waals surface area contributed by atoms with Gasteiger partial charge in [-0.25, -0.2) is 0 Å². The summed E-state index contributed by atoms with van der Waals surface area (Å²) >= 11 is 6.16. The normalized spacial score (nSPS) is 25.2. The van der Waals surface area contributed by atoms with Gasteiger partial charge < -0.3 is 5.32 Å². The zero-order chi connectivity index (χ0) is 16.1. The van der Waals surface area contributed by atoms with Crippen LogP contribution < -0.4 is 5.32 Å². The first kappa shape index (κ1) is 17.3. The van der Waals surface area contributed by atoms with E-state index in [0.29, 0.717) is 24.3 Å². The van der Waals surface area contributed by atoms with Crippen LogP contribution in [0, 0.1) is 23.7 Å². The maximum absolute atomic E-state index is 12.6. The molecule has 1 fully saturated rings. The molecule has 22 heavy (non-hydrogen) atoms. The summed E-state index contributed by atoms with van der Waals surface area (Å²) in [6.45, 7) is 7.41. The van der Waals surface area contributed by atoms with E-state index in [9.17, 15) is 4.79 Å². The Hall–Kier alpha value is -1.02. The largest absolute Gasteiger partial charge is 0.356 e. The predicted molar refractivity (Wildman–Crippen MR) is 93.0 cm³/mol. The van der Waals surface area contributed by atoms with Crippen LogP contribution in [0.1, 0.15) is 45.6 Å². The number of halogens is 1. The third-order valence-electron chi connectivity index (χ3n) is 5.01. The predicted octanol–water partition coefficient (Wildman–Crippen LogP) is 4.71. The molecule has 1 aliphatic carbocycles. The molecular formula is C19H28ClNO. The lowest BCUT2D eigenvalue weighted by molar-refractivity contribution is -0.129. The number of nitrogens with one attached hydrogen (secondary N) is 1. The van der Waals surface area contributed by atoms with Crippen molar-refractivity contribution < 1.29 is 4.79 Å². The first-order chi connectivity index (χ1) is 10.5. The van der Waals surface area contributed by atoms with Crippen molar-refractivity contribution in [2.24, 2.45) is 23.7 Å². The Labute approximate surface area is 139 Å². The van der Waals surface area contributed by atoms with E-state index in [-0.39, 0.29) is 11.8 Å². The van der Waals surface area contributed by atoms with Crippen LogP contribution in [-0.4, -0.2) is 12.5 Å². The standard InChI is InChI=1S/C19H28ClNO/c1-13(2)16-9-8-14(3)12-17(16)19(22)21-11-10-15-6-4-5-7-18(15)20/h4-7,13-14,16-17H,8-12H2,1-3H3,(H,21,22)/t14-,16?,17-/m1/s1. The van der Waals surface area contributed by atoms with Crippen molar-refractivity contribution >= 4 is 17.5 Å². The quantitative estimate of drug-likeness (QED) is 0.836. The van der Waals surface area contributed by atoms with Gasteiger partial charge in [0, 0.05) is 17.5 Å². The molecule has 122 valence electrons. The molecule has 0 radical (unpaired) electrons. The lowest BCUT2D eigenvalue weighted by Gasteiger charge is -2.36. The molecule has 1 aromatic carbocycles. The molecule has 0 bridgehead atoms. The number of rotatable bonds is 5. The van der Waals surface area contributed by atoms with Gasteiger partial charge in [0.05, 0.1) is 0 Å². The molecule has 0 aromatic heterocycles. The molecule has 1 unspecified atom stereocenters. The highest BCUT2D eigenvalue weighted by molar-refractivity contribution is 6.31. The second kappa shape index (κ2) is 8.01. The summed E-state index contributed by atoms with van der Waals surface area (Å²) in [6.07, 6.45) is 4.26. The van der Waals surface area contributed by atoms with Gasteiger partial charge >= 0.3 is 0 Å². The van der Waals surface area contributed by atoms with Gasteiger partial charge in [-0.05, 0) is 48.6 Å². The second-order valence-corrected chi connectivity index (χ2v) is 7.47. The summed E-state index contributed by atoms with van der Waals surface area (Å²) < 4.78 is 0. The Morgan fingerprint density at radius 3 is 2.73 bits per heavy atom. The molecule has 0 saturated heterocycles. The minimum Gasteiger partial charge on any atom is -0.356 e. The summed E-state index contributed by atoms with van der Waals surface area (Å²) in [5.41, 5.74) is 1.10. The van der Waals surface area contributed by atoms with Gasteiger partial charge in [0.15, 0.2) is 0 Å². The Morgan fingerprint density at radius 1 is 1.32 bits per heavy atom. The molecule has 3 heteroatoms. The SMILES string of the molecule is CC(C)C1CC[C@@H](C)C[C@H]1C(=O)NCCc1ccccc1Cl. The summed E-state index contributed by atoms with van der Waals surface area (Å²) in [5.74, 6) is 2.17. The fourth-order valence-electron chi connectivity index (χ4n) is 3.66. The van der Waals surface area contributed by atoms with Gasteiger partial charge in [0.25, 0.3) is 0 Å². The monoisotopic (exact) mass is 321 g/mol. The highest BCUT2D eigenvalue weighted by Crippen LogP contribution is 2.38. The van der Waals surface area contributed by atoms with Crippen molar-refractivity contribution in [3.63, 3.8) is 0 Å². The zero-order valence-electron chi connectivity index (χ0n) is 13.9. The second-order valence-electron chi connectivity index (χ2n) is 7.07. The van der Waals surface area contributed by atoms with Gasteiger partial charge in [0.1, 0.15) is 0 Å². The van der Waals surface area contributed by atoms with E-state index in [4.69, 9.17) is 11.6 Å². The first-order valence-electron chi connectivity index (χ1n) is 8.50. The van der Waals surface area contributed by atoms with Gasteiger partial charge in [-0.1, -0.05) is 57.0 Å². The van der Waals surface area contributed by atoms with E-state index in [2.05, 4.69) is 26.1 Å². The number of hydrogen-bond donors (Lipinski definition) is 1. The summed E-state index contributed by atoms with van der Waals surface area (Å²) in [6, 6.07) is 7.84. The fourth-order valence-corrected chi connectivity index (χ4v) is 3.89. The molecule has 1 saturated carbocycles. The van der Waals surface area contributed by atoms with E-state index in [1.165, 1.54) is 12.8 Å². The molecule has 0 aliphatic heterocycles. The van der Waals surface area contributed by atoms with Crippen molar-refractivity contribution in [1.29, 1.82) is 0 Å². The molecule has 1 aliphatic rings. The summed E-state index contributed by atoms with van der Waals surface area (Å²) in [4.78, 5) is 12.6. The smallest absolute Gasteiger partial charge is 0.223 e. The third kappa shape index (κ3) is 4.49. The van der Waals surface area contributed by atoms with Crippen LogP contribution in [0.15, 0.2) is 24.3 Å². The van der Waals surface area contributed by atoms with Gasteiger partial charge in [-0.3, -0.25) is 4.79 Å².